The number of halogens is 5. The van der Waals surface area contributed by atoms with Crippen molar-refractivity contribution in [1.29, 1.82) is 0 Å². The van der Waals surface area contributed by atoms with Crippen molar-refractivity contribution in [1.82, 2.24) is 9.80 Å². The molecule has 0 fully saturated rings. The van der Waals surface area contributed by atoms with Crippen molar-refractivity contribution in [3.05, 3.63) is 58.1 Å². The summed E-state index contributed by atoms with van der Waals surface area (Å²) in [5.41, 5.74) is -0.0457. The number of amides is 4. The van der Waals surface area contributed by atoms with Gasteiger partial charge in [0.1, 0.15) is 0 Å². The molecule has 2 rings (SSSR count). The number of carbonyl (C=O) groups is 2. The first-order valence-corrected chi connectivity index (χ1v) is 9.15. The molecule has 0 saturated carbocycles. The van der Waals surface area contributed by atoms with Gasteiger partial charge in [-0.1, -0.05) is 29.3 Å². The molecule has 0 saturated heterocycles. The normalized spacial score (nSPS) is 10.4. The highest BCUT2D eigenvalue weighted by Gasteiger charge is 2.30. The van der Waals surface area contributed by atoms with Gasteiger partial charge in [0.25, 0.3) is 0 Å². The van der Waals surface area contributed by atoms with Crippen molar-refractivity contribution in [2.75, 3.05) is 38.8 Å². The summed E-state index contributed by atoms with van der Waals surface area (Å²) in [7, 11) is 6.33. The molecule has 11 heteroatoms. The summed E-state index contributed by atoms with van der Waals surface area (Å²) >= 11 is 11.5. The summed E-state index contributed by atoms with van der Waals surface area (Å²) in [4.78, 5) is 25.1. The highest BCUT2D eigenvalue weighted by Crippen LogP contribution is 2.30. The number of alkyl halides is 3. The van der Waals surface area contributed by atoms with Crippen molar-refractivity contribution in [2.24, 2.45) is 0 Å². The van der Waals surface area contributed by atoms with Crippen molar-refractivity contribution in [2.45, 2.75) is 6.18 Å². The maximum Gasteiger partial charge on any atom is 0.416 e. The van der Waals surface area contributed by atoms with E-state index in [1.807, 2.05) is 0 Å². The first-order valence-electron chi connectivity index (χ1n) is 8.40. The van der Waals surface area contributed by atoms with Crippen LogP contribution in [0.1, 0.15) is 5.56 Å². The maximum atomic E-state index is 12.3. The summed E-state index contributed by atoms with van der Waals surface area (Å²) in [6.07, 6.45) is -4.40. The fraction of sp³-hybridized carbons (Fsp3) is 0.263. The van der Waals surface area contributed by atoms with Crippen LogP contribution in [0.15, 0.2) is 42.5 Å². The summed E-state index contributed by atoms with van der Waals surface area (Å²) in [6, 6.07) is 8.73. The van der Waals surface area contributed by atoms with Gasteiger partial charge in [0.2, 0.25) is 0 Å². The molecule has 0 unspecified atom stereocenters. The second kappa shape index (κ2) is 10.9. The van der Waals surface area contributed by atoms with E-state index >= 15 is 0 Å². The SMILES string of the molecule is CN(C)C(=O)Nc1ccc(Cl)c(Cl)c1.CN(C)C(=O)Nc1cccc(C(F)(F)F)c1. The van der Waals surface area contributed by atoms with Crippen LogP contribution in [0.3, 0.4) is 0 Å². The second-order valence-electron chi connectivity index (χ2n) is 6.36. The molecule has 0 spiro atoms. The van der Waals surface area contributed by atoms with Gasteiger partial charge < -0.3 is 20.4 Å². The molecule has 0 atom stereocenters. The molecule has 0 bridgehead atoms. The predicted octanol–water partition coefficient (Wildman–Crippen LogP) is 5.89. The van der Waals surface area contributed by atoms with Crippen molar-refractivity contribution < 1.29 is 22.8 Å². The number of hydrogen-bond acceptors (Lipinski definition) is 2. The van der Waals surface area contributed by atoms with Crippen LogP contribution in [0.25, 0.3) is 0 Å². The Morgan fingerprint density at radius 1 is 0.800 bits per heavy atom. The number of nitrogens with zero attached hydrogens (tertiary/aromatic N) is 2. The zero-order valence-electron chi connectivity index (χ0n) is 16.6. The van der Waals surface area contributed by atoms with Crippen LogP contribution in [-0.4, -0.2) is 50.1 Å². The molecular weight excluding hydrogens is 444 g/mol. The second-order valence-corrected chi connectivity index (χ2v) is 7.17. The zero-order chi connectivity index (χ0) is 23.1. The van der Waals surface area contributed by atoms with Crippen molar-refractivity contribution >= 4 is 46.6 Å². The van der Waals surface area contributed by atoms with E-state index < -0.39 is 17.8 Å². The van der Waals surface area contributed by atoms with Crippen molar-refractivity contribution in [3.63, 3.8) is 0 Å². The lowest BCUT2D eigenvalue weighted by molar-refractivity contribution is -0.137. The van der Waals surface area contributed by atoms with Crippen LogP contribution in [-0.2, 0) is 6.18 Å². The molecule has 0 aliphatic carbocycles. The average molecular weight is 465 g/mol. The van der Waals surface area contributed by atoms with Gasteiger partial charge in [0.15, 0.2) is 0 Å². The van der Waals surface area contributed by atoms with Crippen LogP contribution >= 0.6 is 23.2 Å². The highest BCUT2D eigenvalue weighted by molar-refractivity contribution is 6.42. The van der Waals surface area contributed by atoms with Gasteiger partial charge in [-0.3, -0.25) is 0 Å². The van der Waals surface area contributed by atoms with E-state index in [0.717, 1.165) is 12.1 Å². The Morgan fingerprint density at radius 2 is 1.30 bits per heavy atom. The molecule has 0 aromatic heterocycles. The van der Waals surface area contributed by atoms with Gasteiger partial charge in [0.05, 0.1) is 15.6 Å². The van der Waals surface area contributed by atoms with Gasteiger partial charge in [-0.05, 0) is 36.4 Å². The predicted molar refractivity (Wildman–Crippen MR) is 113 cm³/mol. The minimum absolute atomic E-state index is 0.119. The molecular formula is C19H21Cl2F3N4O2. The molecule has 30 heavy (non-hydrogen) atoms. The standard InChI is InChI=1S/C10H11F3N2O.C9H10Cl2N2O/c1-15(2)9(16)14-8-5-3-4-7(6-8)10(11,12)13;1-13(2)9(14)12-6-3-4-7(10)8(11)5-6/h3-6H,1-2H3,(H,14,16);3-5H,1-2H3,(H,12,14). The summed E-state index contributed by atoms with van der Waals surface area (Å²) in [5.74, 6) is 0. The Kier molecular flexibility index (Phi) is 9.25. The molecule has 2 aromatic carbocycles. The summed E-state index contributed by atoms with van der Waals surface area (Å²) in [6.45, 7) is 0. The smallest absolute Gasteiger partial charge is 0.331 e. The molecule has 0 heterocycles. The maximum absolute atomic E-state index is 12.3. The van der Waals surface area contributed by atoms with Crippen LogP contribution in [0.5, 0.6) is 0 Å². The Hall–Kier alpha value is -2.65. The van der Waals surface area contributed by atoms with Crippen LogP contribution in [0.2, 0.25) is 10.0 Å². The molecule has 2 N–H and O–H groups in total. The monoisotopic (exact) mass is 464 g/mol. The van der Waals surface area contributed by atoms with E-state index in [4.69, 9.17) is 23.2 Å². The quantitative estimate of drug-likeness (QED) is 0.582. The third-order valence-corrected chi connectivity index (χ3v) is 4.16. The van der Waals surface area contributed by atoms with E-state index in [0.29, 0.717) is 15.7 Å². The van der Waals surface area contributed by atoms with Gasteiger partial charge >= 0.3 is 18.2 Å². The van der Waals surface area contributed by atoms with E-state index in [1.165, 1.54) is 36.0 Å². The van der Waals surface area contributed by atoms with Crippen molar-refractivity contribution in [3.8, 4) is 0 Å². The van der Waals surface area contributed by atoms with Gasteiger partial charge in [-0.15, -0.1) is 0 Å². The average Bonchev–Trinajstić information content (AvgIpc) is 2.64. The van der Waals surface area contributed by atoms with E-state index in [9.17, 15) is 22.8 Å². The zero-order valence-corrected chi connectivity index (χ0v) is 18.2. The van der Waals surface area contributed by atoms with E-state index in [1.54, 1.807) is 32.3 Å². The third-order valence-electron chi connectivity index (χ3n) is 3.42. The Morgan fingerprint density at radius 3 is 1.73 bits per heavy atom. The number of benzene rings is 2. The van der Waals surface area contributed by atoms with E-state index in [2.05, 4.69) is 10.6 Å². The largest absolute Gasteiger partial charge is 0.416 e. The lowest BCUT2D eigenvalue weighted by Crippen LogP contribution is -2.27. The first-order chi connectivity index (χ1) is 13.8. The molecule has 2 aromatic rings. The van der Waals surface area contributed by atoms with Crippen LogP contribution in [0, 0.1) is 0 Å². The Bertz CT molecular complexity index is 890. The third kappa shape index (κ3) is 8.38. The lowest BCUT2D eigenvalue weighted by atomic mass is 10.2. The molecule has 6 nitrogen and oxygen atoms in total. The van der Waals surface area contributed by atoms with E-state index in [-0.39, 0.29) is 11.7 Å². The molecule has 164 valence electrons. The van der Waals surface area contributed by atoms with Gasteiger partial charge in [0, 0.05) is 39.6 Å². The first kappa shape index (κ1) is 25.4. The lowest BCUT2D eigenvalue weighted by Gasteiger charge is -2.13. The number of urea groups is 2. The number of hydrogen-bond donors (Lipinski definition) is 2. The van der Waals surface area contributed by atoms with Gasteiger partial charge in [-0.2, -0.15) is 13.2 Å². The summed E-state index contributed by atoms with van der Waals surface area (Å²) < 4.78 is 37.0. The topological polar surface area (TPSA) is 64.7 Å². The fourth-order valence-electron chi connectivity index (χ4n) is 1.82. The number of carbonyl (C=O) groups excluding carboxylic acids is 2. The Balaban J connectivity index is 0.000000303. The molecule has 0 aliphatic heterocycles. The molecule has 0 radical (unpaired) electrons. The molecule has 4 amide bonds. The molecule has 0 aliphatic rings. The Labute approximate surface area is 182 Å². The fourth-order valence-corrected chi connectivity index (χ4v) is 2.12. The minimum Gasteiger partial charge on any atom is -0.331 e. The van der Waals surface area contributed by atoms with Gasteiger partial charge in [-0.25, -0.2) is 9.59 Å². The number of rotatable bonds is 2. The summed E-state index contributed by atoms with van der Waals surface area (Å²) in [5, 5.41) is 5.88. The number of anilines is 2. The number of nitrogens with one attached hydrogen (secondary N) is 2. The van der Waals surface area contributed by atoms with Crippen LogP contribution in [0.4, 0.5) is 34.1 Å². The highest BCUT2D eigenvalue weighted by atomic mass is 35.5. The minimum atomic E-state index is -4.40. The van der Waals surface area contributed by atoms with Crippen LogP contribution < -0.4 is 10.6 Å².